The summed E-state index contributed by atoms with van der Waals surface area (Å²) < 4.78 is 0. The van der Waals surface area contributed by atoms with Gasteiger partial charge in [-0.3, -0.25) is 4.79 Å². The molecule has 0 unspecified atom stereocenters. The van der Waals surface area contributed by atoms with Gasteiger partial charge in [0.1, 0.15) is 0 Å². The third-order valence-electron chi connectivity index (χ3n) is 5.19. The van der Waals surface area contributed by atoms with Gasteiger partial charge in [0.25, 0.3) is 0 Å². The maximum absolute atomic E-state index is 12.7. The number of nitrogens with one attached hydrogen (secondary N) is 2. The number of carbonyl (C=O) groups excluding carboxylic acids is 1. The Bertz CT molecular complexity index is 975. The Morgan fingerprint density at radius 1 is 1.27 bits per heavy atom. The molecule has 0 saturated carbocycles. The summed E-state index contributed by atoms with van der Waals surface area (Å²) in [7, 11) is 0. The number of benzene rings is 1. The molecule has 0 bridgehead atoms. The van der Waals surface area contributed by atoms with Gasteiger partial charge in [0, 0.05) is 54.4 Å². The summed E-state index contributed by atoms with van der Waals surface area (Å²) in [5, 5.41) is 1.19. The standard InChI is InChI=1S/C20H22N4O2/c25-19(8-7-14-12-22-18-6-2-1-5-16(14)18)24-11-3-4-15(13-24)17-9-10-21-20(26)23-17/h1-2,5-6,9-10,12,15,22H,3-4,7-8,11,13H2,(H,21,23,26)/t15-/m1/s1. The zero-order chi connectivity index (χ0) is 17.9. The highest BCUT2D eigenvalue weighted by molar-refractivity contribution is 5.84. The van der Waals surface area contributed by atoms with Crippen molar-refractivity contribution in [3.05, 3.63) is 64.5 Å². The molecule has 1 aliphatic heterocycles. The van der Waals surface area contributed by atoms with Crippen LogP contribution in [0.1, 0.15) is 36.4 Å². The number of aryl methyl sites for hydroxylation is 1. The van der Waals surface area contributed by atoms with Crippen LogP contribution < -0.4 is 5.69 Å². The summed E-state index contributed by atoms with van der Waals surface area (Å²) in [6, 6.07) is 10.00. The predicted octanol–water partition coefficient (Wildman–Crippen LogP) is 2.59. The fourth-order valence-corrected chi connectivity index (χ4v) is 3.82. The Morgan fingerprint density at radius 3 is 3.04 bits per heavy atom. The number of likely N-dealkylation sites (tertiary alicyclic amines) is 1. The number of fused-ring (bicyclic) bond motifs is 1. The molecule has 1 amide bonds. The van der Waals surface area contributed by atoms with Crippen LogP contribution in [0.4, 0.5) is 0 Å². The molecule has 0 radical (unpaired) electrons. The molecular formula is C20H22N4O2. The van der Waals surface area contributed by atoms with E-state index < -0.39 is 0 Å². The minimum atomic E-state index is -0.328. The maximum Gasteiger partial charge on any atom is 0.345 e. The van der Waals surface area contributed by atoms with E-state index in [0.717, 1.165) is 37.0 Å². The van der Waals surface area contributed by atoms with Crippen molar-refractivity contribution in [3.63, 3.8) is 0 Å². The van der Waals surface area contributed by atoms with Gasteiger partial charge in [-0.05, 0) is 37.0 Å². The van der Waals surface area contributed by atoms with Gasteiger partial charge in [0.2, 0.25) is 5.91 Å². The molecule has 0 aliphatic carbocycles. The van der Waals surface area contributed by atoms with Crippen molar-refractivity contribution in [2.24, 2.45) is 0 Å². The average Bonchev–Trinajstić information content (AvgIpc) is 3.09. The van der Waals surface area contributed by atoms with Crippen molar-refractivity contribution in [1.29, 1.82) is 0 Å². The highest BCUT2D eigenvalue weighted by atomic mass is 16.2. The largest absolute Gasteiger partial charge is 0.361 e. The minimum Gasteiger partial charge on any atom is -0.361 e. The second-order valence-electron chi connectivity index (χ2n) is 6.87. The Balaban J connectivity index is 1.40. The van der Waals surface area contributed by atoms with Crippen LogP contribution in [0.5, 0.6) is 0 Å². The molecule has 1 fully saturated rings. The summed E-state index contributed by atoms with van der Waals surface area (Å²) >= 11 is 0. The lowest BCUT2D eigenvalue weighted by Gasteiger charge is -2.32. The van der Waals surface area contributed by atoms with E-state index in [4.69, 9.17) is 0 Å². The summed E-state index contributed by atoms with van der Waals surface area (Å²) in [6.07, 6.45) is 6.70. The number of para-hydroxylation sites is 1. The Kier molecular flexibility index (Phi) is 4.56. The number of amides is 1. The molecule has 4 rings (SSSR count). The van der Waals surface area contributed by atoms with Crippen LogP contribution in [0.2, 0.25) is 0 Å². The Hall–Kier alpha value is -2.89. The minimum absolute atomic E-state index is 0.177. The topological polar surface area (TPSA) is 81.8 Å². The first kappa shape index (κ1) is 16.6. The number of hydrogen-bond acceptors (Lipinski definition) is 3. The van der Waals surface area contributed by atoms with Crippen LogP contribution in [0.15, 0.2) is 47.5 Å². The van der Waals surface area contributed by atoms with E-state index in [1.165, 1.54) is 17.1 Å². The summed E-state index contributed by atoms with van der Waals surface area (Å²) in [6.45, 7) is 1.45. The quantitative estimate of drug-likeness (QED) is 0.759. The number of piperidine rings is 1. The SMILES string of the molecule is O=C(CCc1c[nH]c2ccccc12)N1CCC[C@@H](c2ccnc(=O)[nH]2)C1. The normalized spacial score (nSPS) is 17.5. The zero-order valence-corrected chi connectivity index (χ0v) is 14.6. The molecule has 2 aromatic heterocycles. The number of H-pyrrole nitrogens is 2. The third-order valence-corrected chi connectivity index (χ3v) is 5.19. The van der Waals surface area contributed by atoms with Crippen LogP contribution in [0.3, 0.4) is 0 Å². The van der Waals surface area contributed by atoms with E-state index >= 15 is 0 Å². The maximum atomic E-state index is 12.7. The molecule has 1 aliphatic rings. The fourth-order valence-electron chi connectivity index (χ4n) is 3.82. The molecule has 26 heavy (non-hydrogen) atoms. The molecule has 134 valence electrons. The number of hydrogen-bond donors (Lipinski definition) is 2. The lowest BCUT2D eigenvalue weighted by atomic mass is 9.94. The van der Waals surface area contributed by atoms with Crippen molar-refractivity contribution in [2.75, 3.05) is 13.1 Å². The van der Waals surface area contributed by atoms with Crippen LogP contribution in [-0.2, 0) is 11.2 Å². The number of carbonyl (C=O) groups is 1. The molecule has 1 atom stereocenters. The number of aromatic amines is 2. The van der Waals surface area contributed by atoms with Gasteiger partial charge in [-0.25, -0.2) is 9.78 Å². The van der Waals surface area contributed by atoms with Crippen LogP contribution >= 0.6 is 0 Å². The number of aromatic nitrogens is 3. The second kappa shape index (κ2) is 7.15. The predicted molar refractivity (Wildman–Crippen MR) is 100 cm³/mol. The second-order valence-corrected chi connectivity index (χ2v) is 6.87. The van der Waals surface area contributed by atoms with Crippen LogP contribution in [-0.4, -0.2) is 38.8 Å². The lowest BCUT2D eigenvalue weighted by Crippen LogP contribution is -2.39. The van der Waals surface area contributed by atoms with Crippen LogP contribution in [0.25, 0.3) is 10.9 Å². The van der Waals surface area contributed by atoms with Gasteiger partial charge >= 0.3 is 5.69 Å². The van der Waals surface area contributed by atoms with Gasteiger partial charge < -0.3 is 14.9 Å². The third kappa shape index (κ3) is 3.40. The van der Waals surface area contributed by atoms with Crippen molar-refractivity contribution >= 4 is 16.8 Å². The lowest BCUT2D eigenvalue weighted by molar-refractivity contribution is -0.132. The van der Waals surface area contributed by atoms with E-state index in [9.17, 15) is 9.59 Å². The van der Waals surface area contributed by atoms with Gasteiger partial charge in [-0.1, -0.05) is 18.2 Å². The van der Waals surface area contributed by atoms with E-state index in [0.29, 0.717) is 13.0 Å². The molecule has 2 N–H and O–H groups in total. The van der Waals surface area contributed by atoms with Crippen molar-refractivity contribution in [2.45, 2.75) is 31.6 Å². The van der Waals surface area contributed by atoms with Gasteiger partial charge in [0.05, 0.1) is 0 Å². The van der Waals surface area contributed by atoms with Crippen molar-refractivity contribution in [3.8, 4) is 0 Å². The molecular weight excluding hydrogens is 328 g/mol. The average molecular weight is 350 g/mol. The molecule has 6 heteroatoms. The van der Waals surface area contributed by atoms with E-state index in [1.807, 2.05) is 35.4 Å². The fraction of sp³-hybridized carbons (Fsp3) is 0.350. The molecule has 1 saturated heterocycles. The molecule has 1 aromatic carbocycles. The molecule has 3 aromatic rings. The van der Waals surface area contributed by atoms with Gasteiger partial charge in [0.15, 0.2) is 0 Å². The number of rotatable bonds is 4. The van der Waals surface area contributed by atoms with Gasteiger partial charge in [-0.2, -0.15) is 0 Å². The summed E-state index contributed by atoms with van der Waals surface area (Å²) in [4.78, 5) is 35.8. The first-order valence-electron chi connectivity index (χ1n) is 9.09. The van der Waals surface area contributed by atoms with E-state index in [1.54, 1.807) is 0 Å². The number of nitrogens with zero attached hydrogens (tertiary/aromatic N) is 2. The van der Waals surface area contributed by atoms with Crippen molar-refractivity contribution in [1.82, 2.24) is 19.9 Å². The monoisotopic (exact) mass is 350 g/mol. The van der Waals surface area contributed by atoms with Crippen LogP contribution in [0, 0.1) is 0 Å². The summed E-state index contributed by atoms with van der Waals surface area (Å²) in [5.41, 5.74) is 2.83. The first-order valence-corrected chi connectivity index (χ1v) is 9.09. The highest BCUT2D eigenvalue weighted by Crippen LogP contribution is 2.26. The first-order chi connectivity index (χ1) is 12.7. The summed E-state index contributed by atoms with van der Waals surface area (Å²) in [5.74, 6) is 0.355. The Labute approximate surface area is 151 Å². The van der Waals surface area contributed by atoms with Gasteiger partial charge in [-0.15, -0.1) is 0 Å². The van der Waals surface area contributed by atoms with Crippen molar-refractivity contribution < 1.29 is 4.79 Å². The Morgan fingerprint density at radius 2 is 2.15 bits per heavy atom. The smallest absolute Gasteiger partial charge is 0.345 e. The zero-order valence-electron chi connectivity index (χ0n) is 14.6. The highest BCUT2D eigenvalue weighted by Gasteiger charge is 2.25. The van der Waals surface area contributed by atoms with E-state index in [-0.39, 0.29) is 17.5 Å². The van der Waals surface area contributed by atoms with E-state index in [2.05, 4.69) is 21.0 Å². The molecule has 3 heterocycles. The molecule has 6 nitrogen and oxygen atoms in total. The molecule has 0 spiro atoms.